The molecule has 50 valence electrons. The van der Waals surface area contributed by atoms with Gasteiger partial charge in [0.2, 0.25) is 0 Å². The zero-order chi connectivity index (χ0) is 6.69. The number of hydrogen-bond donors (Lipinski definition) is 0. The lowest BCUT2D eigenvalue weighted by atomic mass is 10.2. The summed E-state index contributed by atoms with van der Waals surface area (Å²) in [6.45, 7) is 7.26. The monoisotopic (exact) mass is 124 g/mol. The van der Waals surface area contributed by atoms with Gasteiger partial charge in [-0.2, -0.15) is 0 Å². The largest absolute Gasteiger partial charge is 0.369 e. The van der Waals surface area contributed by atoms with Crippen LogP contribution in [0, 0.1) is 0 Å². The van der Waals surface area contributed by atoms with Gasteiger partial charge < -0.3 is 4.74 Å². The summed E-state index contributed by atoms with van der Waals surface area (Å²) >= 11 is 0. The van der Waals surface area contributed by atoms with Gasteiger partial charge in [0.15, 0.2) is 0 Å². The first-order valence-electron chi connectivity index (χ1n) is 3.25. The molecule has 1 aliphatic heterocycles. The second-order valence-electron chi connectivity index (χ2n) is 2.26. The molecule has 0 N–H and O–H groups in total. The van der Waals surface area contributed by atoms with Gasteiger partial charge in [0, 0.05) is 0 Å². The van der Waals surface area contributed by atoms with Crippen LogP contribution in [0.25, 0.3) is 0 Å². The Morgan fingerprint density at radius 2 is 1.56 bits per heavy atom. The Labute approximate surface area is 56.0 Å². The van der Waals surface area contributed by atoms with Crippen molar-refractivity contribution in [1.82, 2.24) is 0 Å². The lowest BCUT2D eigenvalue weighted by Crippen LogP contribution is -1.88. The van der Waals surface area contributed by atoms with E-state index in [9.17, 15) is 0 Å². The average molecular weight is 124 g/mol. The minimum atomic E-state index is 0.445. The zero-order valence-corrected chi connectivity index (χ0v) is 5.55. The SMILES string of the molecule is C=CC[C@H]1O[C@@H]1CC=C. The molecule has 0 bridgehead atoms. The molecule has 0 aromatic heterocycles. The average Bonchev–Trinajstić information content (AvgIpc) is 2.50. The molecule has 1 heteroatoms. The number of epoxide rings is 1. The minimum Gasteiger partial charge on any atom is -0.369 e. The summed E-state index contributed by atoms with van der Waals surface area (Å²) in [5.74, 6) is 0. The molecule has 0 unspecified atom stereocenters. The summed E-state index contributed by atoms with van der Waals surface area (Å²) in [6, 6.07) is 0. The second-order valence-corrected chi connectivity index (χ2v) is 2.26. The van der Waals surface area contributed by atoms with Gasteiger partial charge in [-0.1, -0.05) is 12.2 Å². The van der Waals surface area contributed by atoms with Crippen LogP contribution in [0.15, 0.2) is 25.3 Å². The van der Waals surface area contributed by atoms with E-state index in [4.69, 9.17) is 4.74 Å². The second kappa shape index (κ2) is 2.83. The van der Waals surface area contributed by atoms with Crippen LogP contribution in [0.2, 0.25) is 0 Å². The maximum atomic E-state index is 5.26. The summed E-state index contributed by atoms with van der Waals surface area (Å²) < 4.78 is 5.26. The van der Waals surface area contributed by atoms with Crippen molar-refractivity contribution in [2.75, 3.05) is 0 Å². The van der Waals surface area contributed by atoms with Crippen LogP contribution in [-0.2, 0) is 4.74 Å². The van der Waals surface area contributed by atoms with Gasteiger partial charge in [-0.3, -0.25) is 0 Å². The minimum absolute atomic E-state index is 0.445. The van der Waals surface area contributed by atoms with Gasteiger partial charge >= 0.3 is 0 Å². The van der Waals surface area contributed by atoms with Crippen LogP contribution in [-0.4, -0.2) is 12.2 Å². The van der Waals surface area contributed by atoms with Crippen molar-refractivity contribution < 1.29 is 4.74 Å². The first-order valence-corrected chi connectivity index (χ1v) is 3.25. The molecule has 0 amide bonds. The van der Waals surface area contributed by atoms with Gasteiger partial charge in [0.25, 0.3) is 0 Å². The van der Waals surface area contributed by atoms with Crippen molar-refractivity contribution in [3.8, 4) is 0 Å². The number of rotatable bonds is 4. The number of ether oxygens (including phenoxy) is 1. The van der Waals surface area contributed by atoms with Gasteiger partial charge in [-0.15, -0.1) is 13.2 Å². The highest BCUT2D eigenvalue weighted by molar-refractivity contribution is 4.93. The van der Waals surface area contributed by atoms with E-state index in [1.54, 1.807) is 0 Å². The molecule has 0 aromatic rings. The van der Waals surface area contributed by atoms with Crippen LogP contribution in [0.1, 0.15) is 12.8 Å². The van der Waals surface area contributed by atoms with Gasteiger partial charge in [-0.25, -0.2) is 0 Å². The van der Waals surface area contributed by atoms with E-state index < -0.39 is 0 Å². The zero-order valence-electron chi connectivity index (χ0n) is 5.55. The maximum Gasteiger partial charge on any atom is 0.0879 e. The first kappa shape index (κ1) is 6.56. The molecule has 0 saturated carbocycles. The quantitative estimate of drug-likeness (QED) is 0.412. The van der Waals surface area contributed by atoms with E-state index in [0.717, 1.165) is 12.8 Å². The number of hydrogen-bond acceptors (Lipinski definition) is 1. The predicted octanol–water partition coefficient (Wildman–Crippen LogP) is 1.91. The van der Waals surface area contributed by atoms with Crippen LogP contribution < -0.4 is 0 Å². The molecule has 1 nitrogen and oxygen atoms in total. The smallest absolute Gasteiger partial charge is 0.0879 e. The normalized spacial score (nSPS) is 31.6. The molecule has 0 spiro atoms. The third-order valence-electron chi connectivity index (χ3n) is 1.49. The van der Waals surface area contributed by atoms with Gasteiger partial charge in [0.1, 0.15) is 0 Å². The first-order chi connectivity index (χ1) is 4.38. The highest BCUT2D eigenvalue weighted by Gasteiger charge is 2.35. The van der Waals surface area contributed by atoms with Crippen molar-refractivity contribution in [3.63, 3.8) is 0 Å². The fourth-order valence-electron chi connectivity index (χ4n) is 0.922. The lowest BCUT2D eigenvalue weighted by Gasteiger charge is -1.81. The molecule has 1 heterocycles. The Morgan fingerprint density at radius 1 is 1.11 bits per heavy atom. The molecule has 1 saturated heterocycles. The molecule has 1 aliphatic rings. The summed E-state index contributed by atoms with van der Waals surface area (Å²) in [6.07, 6.45) is 6.65. The van der Waals surface area contributed by atoms with E-state index >= 15 is 0 Å². The van der Waals surface area contributed by atoms with Crippen LogP contribution in [0.4, 0.5) is 0 Å². The van der Waals surface area contributed by atoms with Crippen molar-refractivity contribution in [3.05, 3.63) is 25.3 Å². The predicted molar refractivity (Wildman–Crippen MR) is 38.3 cm³/mol. The summed E-state index contributed by atoms with van der Waals surface area (Å²) in [5, 5.41) is 0. The van der Waals surface area contributed by atoms with E-state index in [-0.39, 0.29) is 0 Å². The van der Waals surface area contributed by atoms with Crippen molar-refractivity contribution in [1.29, 1.82) is 0 Å². The Morgan fingerprint density at radius 3 is 1.89 bits per heavy atom. The summed E-state index contributed by atoms with van der Waals surface area (Å²) in [5.41, 5.74) is 0. The van der Waals surface area contributed by atoms with Crippen molar-refractivity contribution in [2.24, 2.45) is 0 Å². The molecular formula is C8H12O. The molecule has 0 aromatic carbocycles. The fourth-order valence-corrected chi connectivity index (χ4v) is 0.922. The van der Waals surface area contributed by atoms with E-state index in [0.29, 0.717) is 12.2 Å². The molecule has 1 rings (SSSR count). The third kappa shape index (κ3) is 1.68. The molecular weight excluding hydrogens is 112 g/mol. The van der Waals surface area contributed by atoms with Crippen molar-refractivity contribution in [2.45, 2.75) is 25.0 Å². The Kier molecular flexibility index (Phi) is 2.06. The summed E-state index contributed by atoms with van der Waals surface area (Å²) in [4.78, 5) is 0. The molecule has 0 aliphatic carbocycles. The standard InChI is InChI=1S/C8H12O/c1-3-5-7-8(9-7)6-4-2/h3-4,7-8H,1-2,5-6H2/t7-,8-/m1/s1. The van der Waals surface area contributed by atoms with Crippen LogP contribution in [0.3, 0.4) is 0 Å². The Balaban J connectivity index is 2.09. The molecule has 1 fully saturated rings. The Hall–Kier alpha value is -0.560. The van der Waals surface area contributed by atoms with Gasteiger partial charge in [0.05, 0.1) is 12.2 Å². The van der Waals surface area contributed by atoms with Crippen molar-refractivity contribution >= 4 is 0 Å². The van der Waals surface area contributed by atoms with Crippen LogP contribution in [0.5, 0.6) is 0 Å². The molecule has 2 atom stereocenters. The third-order valence-corrected chi connectivity index (χ3v) is 1.49. The molecule has 9 heavy (non-hydrogen) atoms. The van der Waals surface area contributed by atoms with Gasteiger partial charge in [-0.05, 0) is 12.8 Å². The Bertz CT molecular complexity index is 104. The highest BCUT2D eigenvalue weighted by atomic mass is 16.6. The highest BCUT2D eigenvalue weighted by Crippen LogP contribution is 2.28. The van der Waals surface area contributed by atoms with Crippen LogP contribution >= 0.6 is 0 Å². The topological polar surface area (TPSA) is 12.5 Å². The van der Waals surface area contributed by atoms with E-state index in [1.165, 1.54) is 0 Å². The lowest BCUT2D eigenvalue weighted by molar-refractivity contribution is 0.372. The molecule has 0 radical (unpaired) electrons. The maximum absolute atomic E-state index is 5.26. The summed E-state index contributed by atoms with van der Waals surface area (Å²) in [7, 11) is 0. The van der Waals surface area contributed by atoms with E-state index in [1.807, 2.05) is 12.2 Å². The fraction of sp³-hybridized carbons (Fsp3) is 0.500. The van der Waals surface area contributed by atoms with E-state index in [2.05, 4.69) is 13.2 Å².